The molecule has 0 unspecified atom stereocenters. The molecule has 0 amide bonds. The second-order valence-electron chi connectivity index (χ2n) is 10.9. The summed E-state index contributed by atoms with van der Waals surface area (Å²) < 4.78 is 2.38. The molecule has 1 aromatic heterocycles. The molecule has 6 aromatic carbocycles. The Hall–Kier alpha value is -4.87. The number of nitrogens with zero attached hydrogens (tertiary/aromatic N) is 2. The predicted molar refractivity (Wildman–Crippen MR) is 158 cm³/mol. The van der Waals surface area contributed by atoms with Crippen LogP contribution >= 0.6 is 0 Å². The molecule has 0 spiro atoms. The first-order valence-electron chi connectivity index (χ1n) is 13.1. The Balaban J connectivity index is 1.69. The van der Waals surface area contributed by atoms with Crippen LogP contribution in [0.2, 0.25) is 0 Å². The van der Waals surface area contributed by atoms with E-state index >= 15 is 0 Å². The molecule has 2 nitrogen and oxygen atoms in total. The van der Waals surface area contributed by atoms with E-state index in [4.69, 9.17) is 0 Å². The van der Waals surface area contributed by atoms with Crippen molar-refractivity contribution >= 4 is 43.4 Å². The molecule has 1 heterocycles. The summed E-state index contributed by atoms with van der Waals surface area (Å²) in [5.41, 5.74) is 9.40. The number of fused-ring (bicyclic) bond motifs is 8. The van der Waals surface area contributed by atoms with Crippen molar-refractivity contribution in [3.63, 3.8) is 0 Å². The Bertz CT molecular complexity index is 2150. The van der Waals surface area contributed by atoms with Crippen molar-refractivity contribution in [3.05, 3.63) is 126 Å². The van der Waals surface area contributed by atoms with Crippen LogP contribution in [0, 0.1) is 11.3 Å². The SMILES string of the molecule is CC1(C)c2ccccc2-c2c3c1cccc3cc1c2c2c3ccccc3ccc2n1-c1ccc(C#N)cc1. The molecule has 38 heavy (non-hydrogen) atoms. The van der Waals surface area contributed by atoms with Gasteiger partial charge in [0.05, 0.1) is 22.7 Å². The molecule has 0 atom stereocenters. The third kappa shape index (κ3) is 2.61. The zero-order valence-corrected chi connectivity index (χ0v) is 21.3. The molecule has 7 aromatic rings. The minimum atomic E-state index is -0.0929. The van der Waals surface area contributed by atoms with Gasteiger partial charge in [-0.25, -0.2) is 0 Å². The van der Waals surface area contributed by atoms with Crippen molar-refractivity contribution in [2.24, 2.45) is 0 Å². The van der Waals surface area contributed by atoms with E-state index in [0.717, 1.165) is 5.69 Å². The highest BCUT2D eigenvalue weighted by molar-refractivity contribution is 6.30. The number of rotatable bonds is 1. The Morgan fingerprint density at radius 3 is 2.21 bits per heavy atom. The van der Waals surface area contributed by atoms with Crippen molar-refractivity contribution in [1.29, 1.82) is 5.26 Å². The van der Waals surface area contributed by atoms with Gasteiger partial charge < -0.3 is 4.57 Å². The molecule has 1 aliphatic carbocycles. The number of aromatic nitrogens is 1. The van der Waals surface area contributed by atoms with Crippen LogP contribution in [0.5, 0.6) is 0 Å². The van der Waals surface area contributed by atoms with E-state index in [1.807, 2.05) is 12.1 Å². The summed E-state index contributed by atoms with van der Waals surface area (Å²) in [4.78, 5) is 0. The number of hydrogen-bond donors (Lipinski definition) is 0. The lowest BCUT2D eigenvalue weighted by Crippen LogP contribution is -2.23. The topological polar surface area (TPSA) is 28.7 Å². The lowest BCUT2D eigenvalue weighted by molar-refractivity contribution is 0.645. The van der Waals surface area contributed by atoms with Crippen LogP contribution in [-0.2, 0) is 5.41 Å². The van der Waals surface area contributed by atoms with E-state index in [9.17, 15) is 5.26 Å². The Labute approximate surface area is 221 Å². The lowest BCUT2D eigenvalue weighted by Gasteiger charge is -2.35. The highest BCUT2D eigenvalue weighted by Gasteiger charge is 2.35. The average Bonchev–Trinajstić information content (AvgIpc) is 3.29. The predicted octanol–water partition coefficient (Wildman–Crippen LogP) is 9.27. The molecule has 0 fully saturated rings. The molecule has 8 rings (SSSR count). The lowest BCUT2D eigenvalue weighted by atomic mass is 9.68. The molecule has 0 radical (unpaired) electrons. The molecule has 1 aliphatic rings. The van der Waals surface area contributed by atoms with Crippen LogP contribution in [0.15, 0.2) is 109 Å². The minimum absolute atomic E-state index is 0.0929. The minimum Gasteiger partial charge on any atom is -0.309 e. The summed E-state index contributed by atoms with van der Waals surface area (Å²) in [5, 5.41) is 17.1. The first kappa shape index (κ1) is 21.2. The van der Waals surface area contributed by atoms with Gasteiger partial charge in [-0.2, -0.15) is 5.26 Å². The first-order valence-corrected chi connectivity index (χ1v) is 13.1. The fraction of sp³-hybridized carbons (Fsp3) is 0.0833. The summed E-state index contributed by atoms with van der Waals surface area (Å²) in [5.74, 6) is 0. The van der Waals surface area contributed by atoms with E-state index in [1.54, 1.807) is 0 Å². The summed E-state index contributed by atoms with van der Waals surface area (Å²) in [6.45, 7) is 4.70. The number of benzene rings is 6. The second-order valence-corrected chi connectivity index (χ2v) is 10.9. The molecule has 0 saturated heterocycles. The fourth-order valence-corrected chi connectivity index (χ4v) is 6.85. The third-order valence-corrected chi connectivity index (χ3v) is 8.58. The zero-order chi connectivity index (χ0) is 25.6. The van der Waals surface area contributed by atoms with Gasteiger partial charge in [0.25, 0.3) is 0 Å². The van der Waals surface area contributed by atoms with Gasteiger partial charge in [0.2, 0.25) is 0 Å². The standard InChI is InChI=1S/C36H24N2/c1-36(2)28-12-6-5-11-27(28)34-32-24(9-7-13-29(32)36)20-31-35(34)33-26-10-4-3-8-23(26)16-19-30(33)38(31)25-17-14-22(21-37)15-18-25/h3-20H,1-2H3. The van der Waals surface area contributed by atoms with Crippen molar-refractivity contribution < 1.29 is 0 Å². The first-order chi connectivity index (χ1) is 18.6. The van der Waals surface area contributed by atoms with Crippen LogP contribution in [0.1, 0.15) is 30.5 Å². The second kappa shape index (κ2) is 7.34. The van der Waals surface area contributed by atoms with Crippen LogP contribution in [0.4, 0.5) is 0 Å². The third-order valence-electron chi connectivity index (χ3n) is 8.58. The largest absolute Gasteiger partial charge is 0.309 e. The Morgan fingerprint density at radius 2 is 1.37 bits per heavy atom. The maximum Gasteiger partial charge on any atom is 0.0991 e. The van der Waals surface area contributed by atoms with Crippen molar-refractivity contribution in [1.82, 2.24) is 4.57 Å². The van der Waals surface area contributed by atoms with Crippen molar-refractivity contribution in [2.45, 2.75) is 19.3 Å². The van der Waals surface area contributed by atoms with Gasteiger partial charge in [0, 0.05) is 27.4 Å². The molecular weight excluding hydrogens is 460 g/mol. The normalized spacial score (nSPS) is 13.7. The van der Waals surface area contributed by atoms with E-state index in [2.05, 4.69) is 122 Å². The van der Waals surface area contributed by atoms with E-state index in [1.165, 1.54) is 65.6 Å². The molecule has 2 heteroatoms. The molecule has 0 saturated carbocycles. The van der Waals surface area contributed by atoms with Crippen molar-refractivity contribution in [3.8, 4) is 22.9 Å². The van der Waals surface area contributed by atoms with Crippen LogP contribution < -0.4 is 0 Å². The number of hydrogen-bond acceptors (Lipinski definition) is 1. The average molecular weight is 485 g/mol. The highest BCUT2D eigenvalue weighted by atomic mass is 15.0. The molecule has 0 aliphatic heterocycles. The maximum absolute atomic E-state index is 9.42. The quantitative estimate of drug-likeness (QED) is 0.228. The van der Waals surface area contributed by atoms with E-state index < -0.39 is 0 Å². The van der Waals surface area contributed by atoms with Crippen LogP contribution in [0.25, 0.3) is 60.2 Å². The van der Waals surface area contributed by atoms with E-state index in [-0.39, 0.29) is 5.41 Å². The zero-order valence-electron chi connectivity index (χ0n) is 21.3. The summed E-state index contributed by atoms with van der Waals surface area (Å²) in [6.07, 6.45) is 0. The summed E-state index contributed by atoms with van der Waals surface area (Å²) in [6, 6.07) is 41.5. The van der Waals surface area contributed by atoms with Gasteiger partial charge in [0.1, 0.15) is 0 Å². The fourth-order valence-electron chi connectivity index (χ4n) is 6.85. The Kier molecular flexibility index (Phi) is 4.10. The van der Waals surface area contributed by atoms with Gasteiger partial charge in [-0.3, -0.25) is 0 Å². The molecule has 0 bridgehead atoms. The molecule has 0 N–H and O–H groups in total. The Morgan fingerprint density at radius 1 is 0.632 bits per heavy atom. The van der Waals surface area contributed by atoms with Gasteiger partial charge in [-0.05, 0) is 74.6 Å². The summed E-state index contributed by atoms with van der Waals surface area (Å²) in [7, 11) is 0. The molecular formula is C36H24N2. The van der Waals surface area contributed by atoms with Crippen LogP contribution in [-0.4, -0.2) is 4.57 Å². The van der Waals surface area contributed by atoms with Gasteiger partial charge >= 0.3 is 0 Å². The van der Waals surface area contributed by atoms with Gasteiger partial charge in [0.15, 0.2) is 0 Å². The maximum atomic E-state index is 9.42. The van der Waals surface area contributed by atoms with Gasteiger partial charge in [-0.1, -0.05) is 86.6 Å². The number of nitriles is 1. The molecule has 178 valence electrons. The van der Waals surface area contributed by atoms with Crippen molar-refractivity contribution in [2.75, 3.05) is 0 Å². The van der Waals surface area contributed by atoms with Crippen LogP contribution in [0.3, 0.4) is 0 Å². The summed E-state index contributed by atoms with van der Waals surface area (Å²) >= 11 is 0. The highest BCUT2D eigenvalue weighted by Crippen LogP contribution is 2.53. The monoisotopic (exact) mass is 484 g/mol. The van der Waals surface area contributed by atoms with E-state index in [0.29, 0.717) is 5.56 Å². The smallest absolute Gasteiger partial charge is 0.0991 e. The van der Waals surface area contributed by atoms with Gasteiger partial charge in [-0.15, -0.1) is 0 Å².